The molecule has 1 heterocycles. The van der Waals surface area contributed by atoms with Gasteiger partial charge in [0, 0.05) is 11.0 Å². The third-order valence-corrected chi connectivity index (χ3v) is 6.40. The van der Waals surface area contributed by atoms with Crippen molar-refractivity contribution in [2.75, 3.05) is 14.1 Å². The second kappa shape index (κ2) is 6.75. The van der Waals surface area contributed by atoms with Crippen molar-refractivity contribution in [1.82, 2.24) is 10.2 Å². The van der Waals surface area contributed by atoms with E-state index in [1.165, 1.54) is 12.1 Å². The van der Waals surface area contributed by atoms with Gasteiger partial charge in [-0.3, -0.25) is 19.8 Å². The predicted octanol–water partition coefficient (Wildman–Crippen LogP) is 2.08. The number of nitrogens with zero attached hydrogens (tertiary/aromatic N) is 3. The maximum Gasteiger partial charge on any atom is 0.244 e. The molecule has 0 radical (unpaired) electrons. The van der Waals surface area contributed by atoms with Gasteiger partial charge in [-0.1, -0.05) is 12.1 Å². The molecule has 140 valence electrons. The molecule has 0 bridgehead atoms. The molecule has 2 unspecified atom stereocenters. The van der Waals surface area contributed by atoms with Gasteiger partial charge in [-0.15, -0.1) is 0 Å². The van der Waals surface area contributed by atoms with E-state index in [-0.39, 0.29) is 5.82 Å². The Morgan fingerprint density at radius 2 is 1.63 bits per heavy atom. The lowest BCUT2D eigenvalue weighted by atomic mass is 9.54. The van der Waals surface area contributed by atoms with E-state index in [0.717, 1.165) is 5.56 Å². The maximum atomic E-state index is 13.8. The predicted molar refractivity (Wildman–Crippen MR) is 94.0 cm³/mol. The lowest BCUT2D eigenvalue weighted by Crippen LogP contribution is -2.60. The highest BCUT2D eigenvalue weighted by Crippen LogP contribution is 2.55. The Labute approximate surface area is 157 Å². The van der Waals surface area contributed by atoms with Crippen LogP contribution in [0.25, 0.3) is 0 Å². The summed E-state index contributed by atoms with van der Waals surface area (Å²) in [4.78, 5) is 26.5. The zero-order valence-corrected chi connectivity index (χ0v) is 15.3. The van der Waals surface area contributed by atoms with Gasteiger partial charge in [0.05, 0.1) is 12.1 Å². The van der Waals surface area contributed by atoms with Gasteiger partial charge in [-0.2, -0.15) is 10.5 Å². The lowest BCUT2D eigenvalue weighted by Gasteiger charge is -2.53. The molecule has 2 aliphatic rings. The molecule has 2 fully saturated rings. The van der Waals surface area contributed by atoms with Crippen molar-refractivity contribution in [3.8, 4) is 12.1 Å². The molecular formula is C20H21FN4O2. The molecule has 1 aliphatic carbocycles. The van der Waals surface area contributed by atoms with Crippen molar-refractivity contribution in [3.63, 3.8) is 0 Å². The number of benzene rings is 1. The Hall–Kier alpha value is -2.77. The zero-order valence-electron chi connectivity index (χ0n) is 15.3. The first-order chi connectivity index (χ1) is 12.8. The Morgan fingerprint density at radius 1 is 1.07 bits per heavy atom. The van der Waals surface area contributed by atoms with Gasteiger partial charge in [0.15, 0.2) is 0 Å². The standard InChI is InChI=1S/C20H21FN4O2/c1-25(2)20(13-4-3-5-14(21)10-13)8-6-19(7-9-20)15(11-22)17(26)24-18(27)16(19)12-23/h3-5,10,15-16H,6-9H2,1-2H3,(H,24,26,27). The largest absolute Gasteiger partial charge is 0.300 e. The SMILES string of the molecule is CN(C)C1(c2cccc(F)c2)CCC2(CC1)C(C#N)C(=O)NC(=O)C2C#N. The van der Waals surface area contributed by atoms with E-state index in [9.17, 15) is 24.5 Å². The Morgan fingerprint density at radius 3 is 2.07 bits per heavy atom. The minimum absolute atomic E-state index is 0.328. The summed E-state index contributed by atoms with van der Waals surface area (Å²) in [6, 6.07) is 10.4. The highest BCUT2D eigenvalue weighted by Gasteiger charge is 2.59. The van der Waals surface area contributed by atoms with E-state index < -0.39 is 34.6 Å². The first-order valence-corrected chi connectivity index (χ1v) is 8.88. The fourth-order valence-corrected chi connectivity index (χ4v) is 4.81. The van der Waals surface area contributed by atoms with Gasteiger partial charge in [0.1, 0.15) is 17.7 Å². The van der Waals surface area contributed by atoms with Gasteiger partial charge in [-0.25, -0.2) is 4.39 Å². The number of amides is 2. The molecule has 1 aromatic rings. The van der Waals surface area contributed by atoms with Crippen LogP contribution in [0.1, 0.15) is 31.2 Å². The molecular weight excluding hydrogens is 347 g/mol. The highest BCUT2D eigenvalue weighted by molar-refractivity contribution is 6.03. The van der Waals surface area contributed by atoms with Crippen LogP contribution in [-0.4, -0.2) is 30.8 Å². The van der Waals surface area contributed by atoms with Gasteiger partial charge < -0.3 is 0 Å². The molecule has 27 heavy (non-hydrogen) atoms. The van der Waals surface area contributed by atoms with Gasteiger partial charge in [0.25, 0.3) is 0 Å². The summed E-state index contributed by atoms with van der Waals surface area (Å²) in [6.07, 6.45) is 1.75. The molecule has 2 atom stereocenters. The number of nitriles is 2. The van der Waals surface area contributed by atoms with Crippen LogP contribution in [0.3, 0.4) is 0 Å². The van der Waals surface area contributed by atoms with Crippen molar-refractivity contribution in [2.24, 2.45) is 17.3 Å². The highest BCUT2D eigenvalue weighted by atomic mass is 19.1. The van der Waals surface area contributed by atoms with Crippen molar-refractivity contribution in [2.45, 2.75) is 31.2 Å². The Balaban J connectivity index is 2.02. The number of carbonyl (C=O) groups is 2. The molecule has 1 N–H and O–H groups in total. The molecule has 6 nitrogen and oxygen atoms in total. The van der Waals surface area contributed by atoms with Crippen LogP contribution in [-0.2, 0) is 15.1 Å². The summed E-state index contributed by atoms with van der Waals surface area (Å²) in [5, 5.41) is 21.3. The van der Waals surface area contributed by atoms with Crippen LogP contribution in [0.4, 0.5) is 4.39 Å². The Kier molecular flexibility index (Phi) is 4.75. The quantitative estimate of drug-likeness (QED) is 0.806. The summed E-state index contributed by atoms with van der Waals surface area (Å²) in [5.74, 6) is -3.68. The zero-order chi connectivity index (χ0) is 19.8. The fourth-order valence-electron chi connectivity index (χ4n) is 4.81. The van der Waals surface area contributed by atoms with E-state index in [1.54, 1.807) is 6.07 Å². The first kappa shape index (κ1) is 19.0. The maximum absolute atomic E-state index is 13.8. The fraction of sp³-hybridized carbons (Fsp3) is 0.500. The van der Waals surface area contributed by atoms with E-state index >= 15 is 0 Å². The monoisotopic (exact) mass is 368 g/mol. The number of rotatable bonds is 2. The van der Waals surface area contributed by atoms with E-state index in [0.29, 0.717) is 25.7 Å². The molecule has 2 amide bonds. The van der Waals surface area contributed by atoms with Crippen LogP contribution >= 0.6 is 0 Å². The minimum atomic E-state index is -1.05. The summed E-state index contributed by atoms with van der Waals surface area (Å²) in [5.41, 5.74) is -0.670. The summed E-state index contributed by atoms with van der Waals surface area (Å²) in [6.45, 7) is 0. The minimum Gasteiger partial charge on any atom is -0.300 e. The van der Waals surface area contributed by atoms with Crippen LogP contribution in [0, 0.1) is 45.7 Å². The summed E-state index contributed by atoms with van der Waals surface area (Å²) < 4.78 is 13.8. The summed E-state index contributed by atoms with van der Waals surface area (Å²) >= 11 is 0. The van der Waals surface area contributed by atoms with Crippen molar-refractivity contribution >= 4 is 11.8 Å². The average Bonchev–Trinajstić information content (AvgIpc) is 2.62. The normalized spacial score (nSPS) is 33.4. The smallest absolute Gasteiger partial charge is 0.244 e. The average molecular weight is 368 g/mol. The molecule has 0 aromatic heterocycles. The van der Waals surface area contributed by atoms with Crippen LogP contribution in [0.2, 0.25) is 0 Å². The van der Waals surface area contributed by atoms with Crippen molar-refractivity contribution in [1.29, 1.82) is 10.5 Å². The molecule has 7 heteroatoms. The van der Waals surface area contributed by atoms with E-state index in [1.807, 2.05) is 37.2 Å². The second-order valence-electron chi connectivity index (χ2n) is 7.65. The van der Waals surface area contributed by atoms with Crippen molar-refractivity contribution < 1.29 is 14.0 Å². The van der Waals surface area contributed by atoms with Gasteiger partial charge >= 0.3 is 0 Å². The molecule has 1 aromatic carbocycles. The number of hydrogen-bond donors (Lipinski definition) is 1. The molecule has 3 rings (SSSR count). The van der Waals surface area contributed by atoms with Crippen LogP contribution < -0.4 is 5.32 Å². The second-order valence-corrected chi connectivity index (χ2v) is 7.65. The Bertz CT molecular complexity index is 825. The topological polar surface area (TPSA) is 97.0 Å². The lowest BCUT2D eigenvalue weighted by molar-refractivity contribution is -0.148. The first-order valence-electron chi connectivity index (χ1n) is 8.88. The number of hydrogen-bond acceptors (Lipinski definition) is 5. The molecule has 1 saturated heterocycles. The number of imide groups is 1. The van der Waals surface area contributed by atoms with E-state index in [4.69, 9.17) is 0 Å². The number of nitrogens with one attached hydrogen (secondary N) is 1. The molecule has 1 spiro atoms. The van der Waals surface area contributed by atoms with Gasteiger partial charge in [-0.05, 0) is 57.5 Å². The van der Waals surface area contributed by atoms with Crippen molar-refractivity contribution in [3.05, 3.63) is 35.6 Å². The van der Waals surface area contributed by atoms with Crippen LogP contribution in [0.15, 0.2) is 24.3 Å². The van der Waals surface area contributed by atoms with Crippen LogP contribution in [0.5, 0.6) is 0 Å². The molecule has 1 aliphatic heterocycles. The third-order valence-electron chi connectivity index (χ3n) is 6.40. The van der Waals surface area contributed by atoms with E-state index in [2.05, 4.69) is 5.32 Å². The number of piperidine rings is 1. The summed E-state index contributed by atoms with van der Waals surface area (Å²) in [7, 11) is 3.82. The van der Waals surface area contributed by atoms with Gasteiger partial charge in [0.2, 0.25) is 11.8 Å². The number of halogens is 1. The molecule has 1 saturated carbocycles. The number of carbonyl (C=O) groups excluding carboxylic acids is 2. The third kappa shape index (κ3) is 2.79.